The number of hydrogen-bond donors (Lipinski definition) is 0. The number of nitrogens with zero attached hydrogens (tertiary/aromatic N) is 3. The van der Waals surface area contributed by atoms with E-state index < -0.39 is 0 Å². The van der Waals surface area contributed by atoms with Crippen LogP contribution >= 0.6 is 0 Å². The monoisotopic (exact) mass is 833 g/mol. The van der Waals surface area contributed by atoms with Crippen LogP contribution in [0, 0.1) is 0 Å². The van der Waals surface area contributed by atoms with Crippen molar-refractivity contribution >= 4 is 77.9 Å². The molecule has 0 saturated carbocycles. The van der Waals surface area contributed by atoms with Crippen LogP contribution in [0.1, 0.15) is 0 Å². The minimum absolute atomic E-state index is 0.785. The third-order valence-corrected chi connectivity index (χ3v) is 12.7. The largest absolute Gasteiger partial charge is 0.454 e. The number of rotatable bonds is 7. The number of fused-ring (bicyclic) bond motifs is 8. The lowest BCUT2D eigenvalue weighted by atomic mass is 9.97. The highest BCUT2D eigenvalue weighted by Crippen LogP contribution is 2.53. The molecular weight excluding hydrogens is 795 g/mol. The Morgan fingerprint density at radius 1 is 0.338 bits per heavy atom. The molecule has 0 radical (unpaired) electrons. The topological polar surface area (TPSA) is 33.8 Å². The molecular formula is C60H39N3O2. The normalized spacial score (nSPS) is 12.1. The Bertz CT molecular complexity index is 3720. The van der Waals surface area contributed by atoms with Gasteiger partial charge in [0.15, 0.2) is 17.1 Å². The molecule has 2 aromatic heterocycles. The zero-order valence-corrected chi connectivity index (χ0v) is 35.2. The number of benzene rings is 10. The predicted octanol–water partition coefficient (Wildman–Crippen LogP) is 17.1. The van der Waals surface area contributed by atoms with E-state index in [0.717, 1.165) is 101 Å². The van der Waals surface area contributed by atoms with Crippen LogP contribution in [0.5, 0.6) is 11.5 Å². The van der Waals surface area contributed by atoms with Gasteiger partial charge in [-0.2, -0.15) is 0 Å². The Hall–Kier alpha value is -8.80. The number of aromatic nitrogens is 1. The van der Waals surface area contributed by atoms with E-state index in [-0.39, 0.29) is 0 Å². The molecule has 1 aliphatic rings. The Balaban J connectivity index is 0.882. The van der Waals surface area contributed by atoms with Gasteiger partial charge in [0.2, 0.25) is 0 Å². The molecule has 0 spiro atoms. The van der Waals surface area contributed by atoms with Gasteiger partial charge in [0, 0.05) is 44.3 Å². The SMILES string of the molecule is c1ccc(N(c2ccccc2)c2ccc(-n3c4ccccc4c4ccc(-c5cccc(-c6ccc7c(c6)Oc6ccccc6N7c6cccc7c6oc6ccccc67)c5)cc43)cc2)cc1. The number of hydrogen-bond acceptors (Lipinski definition) is 4. The maximum absolute atomic E-state index is 6.70. The van der Waals surface area contributed by atoms with Crippen molar-refractivity contribution in [3.8, 4) is 39.4 Å². The molecule has 0 atom stereocenters. The molecule has 5 nitrogen and oxygen atoms in total. The quantitative estimate of drug-likeness (QED) is 0.160. The van der Waals surface area contributed by atoms with Crippen molar-refractivity contribution in [2.24, 2.45) is 0 Å². The van der Waals surface area contributed by atoms with Crippen molar-refractivity contribution in [2.45, 2.75) is 0 Å². The molecule has 0 N–H and O–H groups in total. The molecule has 10 aromatic carbocycles. The van der Waals surface area contributed by atoms with E-state index in [1.807, 2.05) is 24.3 Å². The van der Waals surface area contributed by atoms with Gasteiger partial charge >= 0.3 is 0 Å². The Morgan fingerprint density at radius 2 is 0.908 bits per heavy atom. The molecule has 65 heavy (non-hydrogen) atoms. The second-order valence-corrected chi connectivity index (χ2v) is 16.5. The van der Waals surface area contributed by atoms with Crippen molar-refractivity contribution in [1.82, 2.24) is 4.57 Å². The van der Waals surface area contributed by atoms with E-state index in [2.05, 4.69) is 227 Å². The smallest absolute Gasteiger partial charge is 0.159 e. The van der Waals surface area contributed by atoms with Gasteiger partial charge < -0.3 is 18.6 Å². The van der Waals surface area contributed by atoms with E-state index in [0.29, 0.717) is 0 Å². The van der Waals surface area contributed by atoms with Gasteiger partial charge in [-0.3, -0.25) is 4.90 Å². The average Bonchev–Trinajstić information content (AvgIpc) is 3.92. The summed E-state index contributed by atoms with van der Waals surface area (Å²) in [5.41, 5.74) is 15.8. The maximum Gasteiger partial charge on any atom is 0.159 e. The van der Waals surface area contributed by atoms with Crippen LogP contribution < -0.4 is 14.5 Å². The van der Waals surface area contributed by atoms with E-state index in [4.69, 9.17) is 9.15 Å². The predicted molar refractivity (Wildman–Crippen MR) is 268 cm³/mol. The van der Waals surface area contributed by atoms with Crippen molar-refractivity contribution in [2.75, 3.05) is 9.80 Å². The van der Waals surface area contributed by atoms with Gasteiger partial charge in [-0.05, 0) is 125 Å². The first-order valence-electron chi connectivity index (χ1n) is 22.0. The van der Waals surface area contributed by atoms with E-state index in [9.17, 15) is 0 Å². The Labute approximate surface area is 375 Å². The van der Waals surface area contributed by atoms with Crippen LogP contribution in [0.4, 0.5) is 34.1 Å². The summed E-state index contributed by atoms with van der Waals surface area (Å²) in [6.07, 6.45) is 0. The summed E-state index contributed by atoms with van der Waals surface area (Å²) in [7, 11) is 0. The van der Waals surface area contributed by atoms with Crippen molar-refractivity contribution in [3.05, 3.63) is 237 Å². The number of anilines is 6. The first-order chi connectivity index (χ1) is 32.2. The second kappa shape index (κ2) is 14.9. The fourth-order valence-electron chi connectivity index (χ4n) is 9.76. The van der Waals surface area contributed by atoms with Gasteiger partial charge in [0.1, 0.15) is 5.58 Å². The third kappa shape index (κ3) is 6.09. The van der Waals surface area contributed by atoms with E-state index in [1.54, 1.807) is 0 Å². The minimum atomic E-state index is 0.785. The summed E-state index contributed by atoms with van der Waals surface area (Å²) in [6, 6.07) is 83.8. The van der Waals surface area contributed by atoms with E-state index >= 15 is 0 Å². The molecule has 1 aliphatic heterocycles. The Morgan fingerprint density at radius 3 is 1.71 bits per heavy atom. The van der Waals surface area contributed by atoms with Crippen molar-refractivity contribution in [3.63, 3.8) is 0 Å². The summed E-state index contributed by atoms with van der Waals surface area (Å²) >= 11 is 0. The van der Waals surface area contributed by atoms with Gasteiger partial charge in [-0.25, -0.2) is 0 Å². The first-order valence-corrected chi connectivity index (χ1v) is 22.0. The number of furan rings is 1. The number of ether oxygens (including phenoxy) is 1. The van der Waals surface area contributed by atoms with Crippen LogP contribution in [0.25, 0.3) is 71.7 Å². The lowest BCUT2D eigenvalue weighted by Crippen LogP contribution is -2.16. The zero-order valence-electron chi connectivity index (χ0n) is 35.2. The van der Waals surface area contributed by atoms with Crippen LogP contribution in [0.2, 0.25) is 0 Å². The lowest BCUT2D eigenvalue weighted by molar-refractivity contribution is 0.477. The zero-order chi connectivity index (χ0) is 42.8. The molecule has 0 fully saturated rings. The summed E-state index contributed by atoms with van der Waals surface area (Å²) in [5, 5.41) is 4.63. The molecule has 0 saturated heterocycles. The molecule has 13 rings (SSSR count). The van der Waals surface area contributed by atoms with Crippen LogP contribution in [-0.4, -0.2) is 4.57 Å². The molecule has 0 aliphatic carbocycles. The van der Waals surface area contributed by atoms with Crippen LogP contribution in [0.15, 0.2) is 241 Å². The van der Waals surface area contributed by atoms with Crippen LogP contribution in [-0.2, 0) is 0 Å². The fourth-order valence-corrected chi connectivity index (χ4v) is 9.76. The maximum atomic E-state index is 6.70. The highest BCUT2D eigenvalue weighted by Gasteiger charge is 2.29. The van der Waals surface area contributed by atoms with Crippen molar-refractivity contribution < 1.29 is 9.15 Å². The average molecular weight is 834 g/mol. The standard InChI is InChI=1S/C60H39N3O2/c1-3-17-44(18-4-1)61(45-19-5-2-6-20-45)46-31-33-47(34-32-46)62-52-24-9-7-21-48(52)49-35-29-42(38-56(49)62)40-15-13-16-41(37-40)43-30-36-54-59(39-43)64-58-28-12-10-25-53(58)63(54)55-26-14-23-51-50-22-8-11-27-57(50)65-60(51)55/h1-39H. The Kier molecular flexibility index (Phi) is 8.46. The molecule has 12 aromatic rings. The van der Waals surface area contributed by atoms with Gasteiger partial charge in [0.05, 0.1) is 28.1 Å². The highest BCUT2D eigenvalue weighted by molar-refractivity contribution is 6.12. The highest BCUT2D eigenvalue weighted by atomic mass is 16.5. The van der Waals surface area contributed by atoms with Gasteiger partial charge in [-0.15, -0.1) is 0 Å². The molecule has 306 valence electrons. The summed E-state index contributed by atoms with van der Waals surface area (Å²) in [5.74, 6) is 1.58. The van der Waals surface area contributed by atoms with Crippen molar-refractivity contribution in [1.29, 1.82) is 0 Å². The third-order valence-electron chi connectivity index (χ3n) is 12.7. The molecule has 5 heteroatoms. The van der Waals surface area contributed by atoms with Gasteiger partial charge in [0.25, 0.3) is 0 Å². The van der Waals surface area contributed by atoms with Crippen LogP contribution in [0.3, 0.4) is 0 Å². The van der Waals surface area contributed by atoms with Gasteiger partial charge in [-0.1, -0.05) is 133 Å². The molecule has 0 bridgehead atoms. The molecule has 3 heterocycles. The summed E-state index contributed by atoms with van der Waals surface area (Å²) < 4.78 is 15.6. The van der Waals surface area contributed by atoms with E-state index in [1.165, 1.54) is 16.3 Å². The molecule has 0 amide bonds. The summed E-state index contributed by atoms with van der Waals surface area (Å²) in [6.45, 7) is 0. The summed E-state index contributed by atoms with van der Waals surface area (Å²) in [4.78, 5) is 4.57. The minimum Gasteiger partial charge on any atom is -0.454 e. The lowest BCUT2D eigenvalue weighted by Gasteiger charge is -2.33. The number of para-hydroxylation sites is 7. The first kappa shape index (κ1) is 36.8. The molecule has 0 unspecified atom stereocenters. The fraction of sp³-hybridized carbons (Fsp3) is 0. The second-order valence-electron chi connectivity index (χ2n) is 16.5.